The van der Waals surface area contributed by atoms with Crippen molar-refractivity contribution in [2.45, 2.75) is 13.0 Å². The van der Waals surface area contributed by atoms with Crippen LogP contribution in [0.15, 0.2) is 29.3 Å². The van der Waals surface area contributed by atoms with Crippen LogP contribution in [0.25, 0.3) is 0 Å². The Morgan fingerprint density at radius 1 is 1.67 bits per heavy atom. The molecule has 0 aromatic heterocycles. The van der Waals surface area contributed by atoms with Crippen molar-refractivity contribution in [2.75, 3.05) is 11.9 Å². The van der Waals surface area contributed by atoms with Crippen LogP contribution in [0.5, 0.6) is 0 Å². The van der Waals surface area contributed by atoms with E-state index in [4.69, 9.17) is 11.6 Å². The van der Waals surface area contributed by atoms with Crippen LogP contribution in [0.3, 0.4) is 0 Å². The minimum atomic E-state index is -0.496. The molecule has 2 N–H and O–H groups in total. The van der Waals surface area contributed by atoms with Gasteiger partial charge < -0.3 is 10.6 Å². The molecule has 0 radical (unpaired) electrons. The molecule has 1 aromatic carbocycles. The van der Waals surface area contributed by atoms with Crippen LogP contribution >= 0.6 is 27.5 Å². The SMILES string of the molecule is C=CCNC(=O)C(C)Nc1c(Cl)cc(F)cc1Br. The lowest BCUT2D eigenvalue weighted by atomic mass is 10.2. The summed E-state index contributed by atoms with van der Waals surface area (Å²) >= 11 is 9.10. The molecule has 0 heterocycles. The number of amides is 1. The number of hydrogen-bond acceptors (Lipinski definition) is 2. The molecule has 0 spiro atoms. The fourth-order valence-corrected chi connectivity index (χ4v) is 2.21. The summed E-state index contributed by atoms with van der Waals surface area (Å²) in [5, 5.41) is 5.79. The third kappa shape index (κ3) is 3.99. The molecule has 18 heavy (non-hydrogen) atoms. The Hall–Kier alpha value is -1.07. The smallest absolute Gasteiger partial charge is 0.242 e. The quantitative estimate of drug-likeness (QED) is 0.810. The lowest BCUT2D eigenvalue weighted by Gasteiger charge is -2.17. The van der Waals surface area contributed by atoms with Gasteiger partial charge in [-0.3, -0.25) is 4.79 Å². The zero-order valence-electron chi connectivity index (χ0n) is 9.77. The predicted octanol–water partition coefficient (Wildman–Crippen LogP) is 3.34. The molecule has 98 valence electrons. The first-order valence-electron chi connectivity index (χ1n) is 5.25. The summed E-state index contributed by atoms with van der Waals surface area (Å²) in [6.07, 6.45) is 1.59. The van der Waals surface area contributed by atoms with E-state index in [-0.39, 0.29) is 10.9 Å². The van der Waals surface area contributed by atoms with Gasteiger partial charge in [-0.1, -0.05) is 17.7 Å². The maximum Gasteiger partial charge on any atom is 0.242 e. The molecule has 1 unspecified atom stereocenters. The van der Waals surface area contributed by atoms with E-state index in [1.54, 1.807) is 13.0 Å². The van der Waals surface area contributed by atoms with Gasteiger partial charge in [-0.15, -0.1) is 6.58 Å². The highest BCUT2D eigenvalue weighted by Crippen LogP contribution is 2.32. The van der Waals surface area contributed by atoms with Gasteiger partial charge in [0.05, 0.1) is 10.7 Å². The largest absolute Gasteiger partial charge is 0.372 e. The highest BCUT2D eigenvalue weighted by molar-refractivity contribution is 9.10. The normalized spacial score (nSPS) is 11.8. The second kappa shape index (κ2) is 6.75. The molecule has 1 amide bonds. The van der Waals surface area contributed by atoms with Gasteiger partial charge in [0, 0.05) is 11.0 Å². The number of benzene rings is 1. The van der Waals surface area contributed by atoms with Crippen molar-refractivity contribution < 1.29 is 9.18 Å². The monoisotopic (exact) mass is 334 g/mol. The zero-order valence-corrected chi connectivity index (χ0v) is 12.1. The molecular formula is C12H13BrClFN2O. The molecule has 3 nitrogen and oxygen atoms in total. The van der Waals surface area contributed by atoms with Gasteiger partial charge in [-0.05, 0) is 35.0 Å². The second-order valence-corrected chi connectivity index (χ2v) is 4.91. The molecule has 0 saturated carbocycles. The standard InChI is InChI=1S/C12H13BrClFN2O/c1-3-4-16-12(18)7(2)17-11-9(13)5-8(15)6-10(11)14/h3,5-7,17H,1,4H2,2H3,(H,16,18). The summed E-state index contributed by atoms with van der Waals surface area (Å²) in [4.78, 5) is 11.6. The van der Waals surface area contributed by atoms with Gasteiger partial charge in [0.1, 0.15) is 11.9 Å². The fraction of sp³-hybridized carbons (Fsp3) is 0.250. The summed E-state index contributed by atoms with van der Waals surface area (Å²) in [5.41, 5.74) is 0.485. The van der Waals surface area contributed by atoms with E-state index in [0.29, 0.717) is 16.7 Å². The number of carbonyl (C=O) groups is 1. The van der Waals surface area contributed by atoms with E-state index >= 15 is 0 Å². The fourth-order valence-electron chi connectivity index (χ4n) is 1.29. The molecule has 1 atom stereocenters. The topological polar surface area (TPSA) is 41.1 Å². The van der Waals surface area contributed by atoms with Crippen molar-refractivity contribution in [3.8, 4) is 0 Å². The van der Waals surface area contributed by atoms with Gasteiger partial charge in [0.25, 0.3) is 0 Å². The van der Waals surface area contributed by atoms with Crippen LogP contribution in [-0.2, 0) is 4.79 Å². The zero-order chi connectivity index (χ0) is 13.7. The van der Waals surface area contributed by atoms with Crippen LogP contribution in [0.1, 0.15) is 6.92 Å². The summed E-state index contributed by atoms with van der Waals surface area (Å²) in [6, 6.07) is 1.97. The lowest BCUT2D eigenvalue weighted by Crippen LogP contribution is -2.37. The average molecular weight is 336 g/mol. The van der Waals surface area contributed by atoms with E-state index in [0.717, 1.165) is 0 Å². The van der Waals surface area contributed by atoms with Crippen molar-refractivity contribution in [2.24, 2.45) is 0 Å². The molecule has 1 rings (SSSR count). The molecule has 0 bridgehead atoms. The van der Waals surface area contributed by atoms with Crippen LogP contribution in [0.2, 0.25) is 5.02 Å². The number of hydrogen-bond donors (Lipinski definition) is 2. The van der Waals surface area contributed by atoms with Crippen molar-refractivity contribution in [3.63, 3.8) is 0 Å². The Bertz CT molecular complexity index is 444. The summed E-state index contributed by atoms with van der Waals surface area (Å²) in [7, 11) is 0. The maximum atomic E-state index is 13.0. The molecule has 0 saturated heterocycles. The minimum absolute atomic E-state index is 0.192. The maximum absolute atomic E-state index is 13.0. The lowest BCUT2D eigenvalue weighted by molar-refractivity contribution is -0.121. The number of carbonyl (C=O) groups excluding carboxylic acids is 1. The van der Waals surface area contributed by atoms with Crippen LogP contribution in [-0.4, -0.2) is 18.5 Å². The van der Waals surface area contributed by atoms with E-state index < -0.39 is 11.9 Å². The number of rotatable bonds is 5. The number of halogens is 3. The van der Waals surface area contributed by atoms with Gasteiger partial charge in [0.2, 0.25) is 5.91 Å². The summed E-state index contributed by atoms with van der Waals surface area (Å²) < 4.78 is 13.5. The van der Waals surface area contributed by atoms with Crippen molar-refractivity contribution in [1.82, 2.24) is 5.32 Å². The van der Waals surface area contributed by atoms with Crippen molar-refractivity contribution >= 4 is 39.1 Å². The first kappa shape index (κ1) is 15.0. The van der Waals surface area contributed by atoms with E-state index in [9.17, 15) is 9.18 Å². The molecule has 1 aromatic rings. The predicted molar refractivity (Wildman–Crippen MR) is 75.4 cm³/mol. The minimum Gasteiger partial charge on any atom is -0.372 e. The third-order valence-electron chi connectivity index (χ3n) is 2.18. The van der Waals surface area contributed by atoms with Gasteiger partial charge in [-0.25, -0.2) is 4.39 Å². The van der Waals surface area contributed by atoms with E-state index in [1.165, 1.54) is 12.1 Å². The van der Waals surface area contributed by atoms with Gasteiger partial charge in [-0.2, -0.15) is 0 Å². The van der Waals surface area contributed by atoms with E-state index in [2.05, 4.69) is 33.1 Å². The van der Waals surface area contributed by atoms with Crippen LogP contribution in [0.4, 0.5) is 10.1 Å². The Kier molecular flexibility index (Phi) is 5.62. The van der Waals surface area contributed by atoms with Crippen LogP contribution in [0, 0.1) is 5.82 Å². The Balaban J connectivity index is 2.78. The van der Waals surface area contributed by atoms with Gasteiger partial charge >= 0.3 is 0 Å². The first-order valence-corrected chi connectivity index (χ1v) is 6.42. The Morgan fingerprint density at radius 2 is 2.33 bits per heavy atom. The van der Waals surface area contributed by atoms with Gasteiger partial charge in [0.15, 0.2) is 0 Å². The molecular weight excluding hydrogens is 322 g/mol. The molecule has 0 aliphatic heterocycles. The average Bonchev–Trinajstić information content (AvgIpc) is 2.30. The Morgan fingerprint density at radius 3 is 2.89 bits per heavy atom. The summed E-state index contributed by atoms with van der Waals surface area (Å²) in [6.45, 7) is 5.59. The molecule has 0 aliphatic carbocycles. The highest BCUT2D eigenvalue weighted by atomic mass is 79.9. The second-order valence-electron chi connectivity index (χ2n) is 3.64. The summed E-state index contributed by atoms with van der Waals surface area (Å²) in [5.74, 6) is -0.636. The van der Waals surface area contributed by atoms with Crippen molar-refractivity contribution in [3.05, 3.63) is 40.1 Å². The first-order chi connectivity index (χ1) is 8.45. The van der Waals surface area contributed by atoms with Crippen molar-refractivity contribution in [1.29, 1.82) is 0 Å². The van der Waals surface area contributed by atoms with E-state index in [1.807, 2.05) is 0 Å². The Labute approximate surface area is 119 Å². The third-order valence-corrected chi connectivity index (χ3v) is 3.11. The molecule has 6 heteroatoms. The molecule has 0 fully saturated rings. The highest BCUT2D eigenvalue weighted by Gasteiger charge is 2.15. The van der Waals surface area contributed by atoms with Crippen LogP contribution < -0.4 is 10.6 Å². The molecule has 0 aliphatic rings. The number of anilines is 1. The number of nitrogens with one attached hydrogen (secondary N) is 2.